The van der Waals surface area contributed by atoms with E-state index in [0.717, 1.165) is 10.9 Å². The highest BCUT2D eigenvalue weighted by Crippen LogP contribution is 2.14. The molecule has 0 spiro atoms. The second-order valence-electron chi connectivity index (χ2n) is 4.04. The van der Waals surface area contributed by atoms with Crippen LogP contribution in [0.1, 0.15) is 0 Å². The first kappa shape index (κ1) is 14.0. The molecule has 104 valence electrons. The molecule has 0 radical (unpaired) electrons. The average Bonchev–Trinajstić information content (AvgIpc) is 2.87. The van der Waals surface area contributed by atoms with Crippen LogP contribution >= 0.6 is 0 Å². The van der Waals surface area contributed by atoms with Crippen molar-refractivity contribution >= 4 is 26.6 Å². The van der Waals surface area contributed by atoms with E-state index in [9.17, 15) is 8.42 Å². The summed E-state index contributed by atoms with van der Waals surface area (Å²) in [4.78, 5) is -0.0278. The molecule has 5 N–H and O–H groups in total. The standard InChI is InChI=1S/C7H6N2.C6H8N2O2S/c1-2-4-7-6(3-1)5-8-9-7;7-5-3-1-2-4-6(5)11(8,9)10/h1-5H,(H,8,9);1-4H,7H2,(H2,8,9,10). The summed E-state index contributed by atoms with van der Waals surface area (Å²) in [5.41, 5.74) is 6.62. The maximum atomic E-state index is 10.8. The van der Waals surface area contributed by atoms with Crippen LogP contribution in [0.15, 0.2) is 59.6 Å². The van der Waals surface area contributed by atoms with Crippen molar-refractivity contribution < 1.29 is 8.42 Å². The molecule has 0 saturated heterocycles. The fourth-order valence-corrected chi connectivity index (χ4v) is 2.29. The number of primary sulfonamides is 1. The number of nitrogens with zero attached hydrogens (tertiary/aromatic N) is 1. The normalized spacial score (nSPS) is 10.8. The van der Waals surface area contributed by atoms with Gasteiger partial charge in [-0.2, -0.15) is 5.10 Å². The van der Waals surface area contributed by atoms with E-state index >= 15 is 0 Å². The number of hydrogen-bond acceptors (Lipinski definition) is 4. The van der Waals surface area contributed by atoms with Gasteiger partial charge in [0.25, 0.3) is 0 Å². The van der Waals surface area contributed by atoms with E-state index < -0.39 is 10.0 Å². The lowest BCUT2D eigenvalue weighted by atomic mass is 10.3. The van der Waals surface area contributed by atoms with Crippen molar-refractivity contribution in [3.63, 3.8) is 0 Å². The molecule has 1 aromatic heterocycles. The van der Waals surface area contributed by atoms with Crippen LogP contribution in [0.3, 0.4) is 0 Å². The largest absolute Gasteiger partial charge is 0.398 e. The Labute approximate surface area is 116 Å². The molecule has 0 aliphatic carbocycles. The zero-order valence-corrected chi connectivity index (χ0v) is 11.3. The number of rotatable bonds is 1. The Morgan fingerprint density at radius 1 is 1.00 bits per heavy atom. The van der Waals surface area contributed by atoms with Crippen molar-refractivity contribution in [3.05, 3.63) is 54.7 Å². The van der Waals surface area contributed by atoms with E-state index in [0.29, 0.717) is 0 Å². The Morgan fingerprint density at radius 2 is 1.65 bits per heavy atom. The SMILES string of the molecule is Nc1ccccc1S(N)(=O)=O.c1ccc2[nH]ncc2c1. The van der Waals surface area contributed by atoms with E-state index in [1.165, 1.54) is 12.1 Å². The molecule has 0 saturated carbocycles. The van der Waals surface area contributed by atoms with E-state index in [4.69, 9.17) is 10.9 Å². The van der Waals surface area contributed by atoms with Crippen molar-refractivity contribution in [2.75, 3.05) is 5.73 Å². The number of hydrogen-bond donors (Lipinski definition) is 3. The zero-order valence-electron chi connectivity index (χ0n) is 10.5. The highest BCUT2D eigenvalue weighted by molar-refractivity contribution is 7.89. The van der Waals surface area contributed by atoms with Crippen molar-refractivity contribution in [1.82, 2.24) is 10.2 Å². The molecule has 7 heteroatoms. The number of benzene rings is 2. The van der Waals surface area contributed by atoms with Gasteiger partial charge in [0, 0.05) is 5.39 Å². The Balaban J connectivity index is 0.000000149. The number of anilines is 1. The maximum absolute atomic E-state index is 10.8. The lowest BCUT2D eigenvalue weighted by Crippen LogP contribution is -2.13. The van der Waals surface area contributed by atoms with Crippen molar-refractivity contribution in [2.24, 2.45) is 5.14 Å². The third-order valence-electron chi connectivity index (χ3n) is 2.57. The molecule has 0 aliphatic rings. The Hall–Kier alpha value is -2.38. The molecule has 20 heavy (non-hydrogen) atoms. The second-order valence-corrected chi connectivity index (χ2v) is 5.57. The number of nitrogens with one attached hydrogen (secondary N) is 1. The first-order valence-electron chi connectivity index (χ1n) is 5.74. The Bertz CT molecular complexity index is 782. The first-order valence-corrected chi connectivity index (χ1v) is 7.28. The summed E-state index contributed by atoms with van der Waals surface area (Å²) >= 11 is 0. The number of aromatic nitrogens is 2. The molecule has 0 amide bonds. The number of H-pyrrole nitrogens is 1. The van der Waals surface area contributed by atoms with E-state index in [1.807, 2.05) is 30.5 Å². The van der Waals surface area contributed by atoms with E-state index in [1.54, 1.807) is 12.1 Å². The number of nitrogen functional groups attached to an aromatic ring is 1. The number of para-hydroxylation sites is 2. The molecule has 0 aliphatic heterocycles. The third kappa shape index (κ3) is 3.34. The second kappa shape index (κ2) is 5.72. The van der Waals surface area contributed by atoms with Crippen LogP contribution in [0.4, 0.5) is 5.69 Å². The minimum atomic E-state index is -3.66. The van der Waals surface area contributed by atoms with Crippen molar-refractivity contribution in [3.8, 4) is 0 Å². The van der Waals surface area contributed by atoms with Gasteiger partial charge < -0.3 is 5.73 Å². The van der Waals surface area contributed by atoms with Crippen molar-refractivity contribution in [1.29, 1.82) is 0 Å². The summed E-state index contributed by atoms with van der Waals surface area (Å²) < 4.78 is 21.5. The monoisotopic (exact) mass is 290 g/mol. The fraction of sp³-hybridized carbons (Fsp3) is 0. The van der Waals surface area contributed by atoms with Crippen molar-refractivity contribution in [2.45, 2.75) is 4.90 Å². The average molecular weight is 290 g/mol. The lowest BCUT2D eigenvalue weighted by molar-refractivity contribution is 0.598. The summed E-state index contributed by atoms with van der Waals surface area (Å²) in [6, 6.07) is 14.1. The summed E-state index contributed by atoms with van der Waals surface area (Å²) in [7, 11) is -3.66. The highest BCUT2D eigenvalue weighted by atomic mass is 32.2. The fourth-order valence-electron chi connectivity index (χ4n) is 1.62. The topological polar surface area (TPSA) is 115 Å². The number of fused-ring (bicyclic) bond motifs is 1. The molecule has 2 aromatic carbocycles. The molecule has 6 nitrogen and oxygen atoms in total. The van der Waals surface area contributed by atoms with Gasteiger partial charge in [-0.25, -0.2) is 13.6 Å². The zero-order chi connectivity index (χ0) is 14.6. The van der Waals surface area contributed by atoms with Crippen LogP contribution in [0.25, 0.3) is 10.9 Å². The Kier molecular flexibility index (Phi) is 4.02. The van der Waals surface area contributed by atoms with Gasteiger partial charge in [-0.1, -0.05) is 30.3 Å². The molecule has 3 aromatic rings. The first-order chi connectivity index (χ1) is 9.48. The van der Waals surface area contributed by atoms with Crippen LogP contribution in [-0.4, -0.2) is 18.6 Å². The van der Waals surface area contributed by atoms with Gasteiger partial charge in [0.1, 0.15) is 4.90 Å². The molecule has 0 atom stereocenters. The van der Waals surface area contributed by atoms with Crippen LogP contribution < -0.4 is 10.9 Å². The van der Waals surface area contributed by atoms with E-state index in [-0.39, 0.29) is 10.6 Å². The molecular weight excluding hydrogens is 276 g/mol. The van der Waals surface area contributed by atoms with Gasteiger partial charge in [0.15, 0.2) is 0 Å². The number of aromatic amines is 1. The van der Waals surface area contributed by atoms with Gasteiger partial charge in [-0.05, 0) is 18.2 Å². The Morgan fingerprint density at radius 3 is 2.25 bits per heavy atom. The van der Waals surface area contributed by atoms with Gasteiger partial charge in [-0.15, -0.1) is 0 Å². The number of sulfonamides is 1. The molecule has 1 heterocycles. The third-order valence-corrected chi connectivity index (χ3v) is 3.56. The molecule has 0 fully saturated rings. The maximum Gasteiger partial charge on any atom is 0.240 e. The summed E-state index contributed by atoms with van der Waals surface area (Å²) in [6.45, 7) is 0. The van der Waals surface area contributed by atoms with E-state index in [2.05, 4.69) is 10.2 Å². The molecule has 3 rings (SSSR count). The van der Waals surface area contributed by atoms with Crippen LogP contribution in [0.5, 0.6) is 0 Å². The predicted octanol–water partition coefficient (Wildman–Crippen LogP) is 1.48. The van der Waals surface area contributed by atoms with Gasteiger partial charge in [-0.3, -0.25) is 5.10 Å². The molecular formula is C13H14N4O2S. The molecule has 0 unspecified atom stereocenters. The smallest absolute Gasteiger partial charge is 0.240 e. The van der Waals surface area contributed by atoms with Crippen LogP contribution in [0, 0.1) is 0 Å². The minimum absolute atomic E-state index is 0.0278. The lowest BCUT2D eigenvalue weighted by Gasteiger charge is -2.00. The summed E-state index contributed by atoms with van der Waals surface area (Å²) in [5, 5.41) is 12.8. The summed E-state index contributed by atoms with van der Waals surface area (Å²) in [6.07, 6.45) is 1.81. The summed E-state index contributed by atoms with van der Waals surface area (Å²) in [5.74, 6) is 0. The minimum Gasteiger partial charge on any atom is -0.398 e. The van der Waals surface area contributed by atoms with Crippen LogP contribution in [0.2, 0.25) is 0 Å². The molecule has 0 bridgehead atoms. The quantitative estimate of drug-likeness (QED) is 0.589. The van der Waals surface area contributed by atoms with Crippen LogP contribution in [-0.2, 0) is 10.0 Å². The van der Waals surface area contributed by atoms with Gasteiger partial charge >= 0.3 is 0 Å². The highest BCUT2D eigenvalue weighted by Gasteiger charge is 2.09. The predicted molar refractivity (Wildman–Crippen MR) is 78.3 cm³/mol. The van der Waals surface area contributed by atoms with Gasteiger partial charge in [0.05, 0.1) is 17.4 Å². The number of nitrogens with two attached hydrogens (primary N) is 2. The van der Waals surface area contributed by atoms with Gasteiger partial charge in [0.2, 0.25) is 10.0 Å².